The summed E-state index contributed by atoms with van der Waals surface area (Å²) in [5.74, 6) is 0. The number of hydrogen-bond donors (Lipinski definition) is 1. The van der Waals surface area contributed by atoms with Crippen LogP contribution >= 0.6 is 0 Å². The van der Waals surface area contributed by atoms with Gasteiger partial charge < -0.3 is 18.5 Å². The number of hydrogen-bond acceptors (Lipinski definition) is 1. The third-order valence-corrected chi connectivity index (χ3v) is 0.192. The van der Waals surface area contributed by atoms with Gasteiger partial charge >= 0.3 is 0 Å². The first kappa shape index (κ1) is 9.63. The van der Waals surface area contributed by atoms with E-state index in [9.17, 15) is 0 Å². The second-order valence-corrected chi connectivity index (χ2v) is 0.500. The molecule has 0 aromatic heterocycles. The van der Waals surface area contributed by atoms with Crippen molar-refractivity contribution >= 4 is 0 Å². The van der Waals surface area contributed by atoms with E-state index in [4.69, 9.17) is 13.2 Å². The SMILES string of the molecule is [CH-]=CNC=[CH-].[Y]. The molecule has 0 heterocycles. The fourth-order valence-electron chi connectivity index (χ4n) is 0.0556. The Morgan fingerprint density at radius 1 is 1.17 bits per heavy atom. The molecule has 0 bridgehead atoms. The molecular formula is C4H5NY-2. The van der Waals surface area contributed by atoms with Gasteiger partial charge in [0.15, 0.2) is 0 Å². The van der Waals surface area contributed by atoms with E-state index >= 15 is 0 Å². The predicted molar refractivity (Wildman–Crippen MR) is 20.9 cm³/mol. The Bertz CT molecular complexity index is 36.8. The van der Waals surface area contributed by atoms with Crippen molar-refractivity contribution in [3.05, 3.63) is 25.6 Å². The molecule has 0 fully saturated rings. The second kappa shape index (κ2) is 9.04. The normalized spacial score (nSPS) is 4.67. The molecule has 0 atom stereocenters. The van der Waals surface area contributed by atoms with E-state index in [1.807, 2.05) is 0 Å². The van der Waals surface area contributed by atoms with Crippen molar-refractivity contribution in [2.24, 2.45) is 0 Å². The van der Waals surface area contributed by atoms with E-state index < -0.39 is 0 Å². The van der Waals surface area contributed by atoms with Gasteiger partial charge in [-0.25, -0.2) is 0 Å². The van der Waals surface area contributed by atoms with Crippen molar-refractivity contribution in [3.8, 4) is 0 Å². The predicted octanol–water partition coefficient (Wildman–Crippen LogP) is 0.467. The van der Waals surface area contributed by atoms with E-state index in [1.165, 1.54) is 12.4 Å². The molecule has 0 rings (SSSR count). The summed E-state index contributed by atoms with van der Waals surface area (Å²) >= 11 is 0. The van der Waals surface area contributed by atoms with Crippen LogP contribution in [0.5, 0.6) is 0 Å². The maximum absolute atomic E-state index is 4.79. The molecule has 1 nitrogen and oxygen atoms in total. The van der Waals surface area contributed by atoms with Crippen LogP contribution in [0.1, 0.15) is 0 Å². The quantitative estimate of drug-likeness (QED) is 0.573. The smallest absolute Gasteiger partial charge is 0 e. The second-order valence-electron chi connectivity index (χ2n) is 0.500. The van der Waals surface area contributed by atoms with Crippen LogP contribution in [-0.4, -0.2) is 0 Å². The zero-order valence-electron chi connectivity index (χ0n) is 3.39. The largest absolute Gasteiger partial charge is 0.497 e. The van der Waals surface area contributed by atoms with Gasteiger partial charge in [-0.15, -0.1) is 0 Å². The molecule has 0 saturated heterocycles. The summed E-state index contributed by atoms with van der Waals surface area (Å²) in [7, 11) is 0. The molecule has 2 heteroatoms. The summed E-state index contributed by atoms with van der Waals surface area (Å²) in [6, 6.07) is 0. The van der Waals surface area contributed by atoms with Crippen molar-refractivity contribution in [1.82, 2.24) is 5.32 Å². The van der Waals surface area contributed by atoms with Crippen molar-refractivity contribution < 1.29 is 32.7 Å². The molecule has 0 aliphatic carbocycles. The van der Waals surface area contributed by atoms with Crippen molar-refractivity contribution in [3.63, 3.8) is 0 Å². The van der Waals surface area contributed by atoms with Crippen LogP contribution in [0.3, 0.4) is 0 Å². The van der Waals surface area contributed by atoms with Gasteiger partial charge in [0.25, 0.3) is 0 Å². The summed E-state index contributed by atoms with van der Waals surface area (Å²) in [5, 5.41) is 2.42. The van der Waals surface area contributed by atoms with Crippen LogP contribution in [0.2, 0.25) is 0 Å². The summed E-state index contributed by atoms with van der Waals surface area (Å²) in [4.78, 5) is 0. The summed E-state index contributed by atoms with van der Waals surface area (Å²) in [6.07, 6.45) is 2.50. The van der Waals surface area contributed by atoms with E-state index in [-0.39, 0.29) is 32.7 Å². The van der Waals surface area contributed by atoms with Crippen LogP contribution in [0.25, 0.3) is 0 Å². The van der Waals surface area contributed by atoms with Crippen molar-refractivity contribution in [2.45, 2.75) is 0 Å². The minimum absolute atomic E-state index is 0. The van der Waals surface area contributed by atoms with Crippen LogP contribution < -0.4 is 5.32 Å². The van der Waals surface area contributed by atoms with Gasteiger partial charge in [0.1, 0.15) is 0 Å². The Balaban J connectivity index is 0. The summed E-state index contributed by atoms with van der Waals surface area (Å²) in [5.41, 5.74) is 0. The average Bonchev–Trinajstić information content (AvgIpc) is 1.41. The van der Waals surface area contributed by atoms with Crippen LogP contribution in [0, 0.1) is 13.2 Å². The van der Waals surface area contributed by atoms with Gasteiger partial charge in [0, 0.05) is 32.7 Å². The summed E-state index contributed by atoms with van der Waals surface area (Å²) < 4.78 is 0. The Labute approximate surface area is 63.4 Å². The molecular weight excluding hydrogens is 151 g/mol. The average molecular weight is 156 g/mol. The maximum atomic E-state index is 4.79. The monoisotopic (exact) mass is 156 g/mol. The summed E-state index contributed by atoms with van der Waals surface area (Å²) in [6.45, 7) is 9.58. The molecule has 0 amide bonds. The molecule has 0 spiro atoms. The molecule has 0 aliphatic rings. The molecule has 1 radical (unpaired) electrons. The molecule has 0 aromatic carbocycles. The molecule has 31 valence electrons. The third kappa shape index (κ3) is 8.83. The number of rotatable bonds is 2. The topological polar surface area (TPSA) is 12.0 Å². The molecule has 0 unspecified atom stereocenters. The molecule has 0 aliphatic heterocycles. The van der Waals surface area contributed by atoms with Gasteiger partial charge in [0.2, 0.25) is 0 Å². The van der Waals surface area contributed by atoms with Crippen LogP contribution in [0.15, 0.2) is 12.4 Å². The third-order valence-electron chi connectivity index (χ3n) is 0.192. The van der Waals surface area contributed by atoms with E-state index in [0.717, 1.165) is 0 Å². The zero-order valence-corrected chi connectivity index (χ0v) is 6.23. The molecule has 1 N–H and O–H groups in total. The van der Waals surface area contributed by atoms with Gasteiger partial charge in [-0.05, 0) is 0 Å². The fourth-order valence-corrected chi connectivity index (χ4v) is 0.0556. The Kier molecular flexibility index (Phi) is 14.5. The minimum Gasteiger partial charge on any atom is -0.497 e. The zero-order chi connectivity index (χ0) is 4.12. The van der Waals surface area contributed by atoms with Gasteiger partial charge in [-0.2, -0.15) is 12.4 Å². The van der Waals surface area contributed by atoms with Gasteiger partial charge in [-0.1, -0.05) is 0 Å². The van der Waals surface area contributed by atoms with Gasteiger partial charge in [-0.3, -0.25) is 0 Å². The Morgan fingerprint density at radius 3 is 1.50 bits per heavy atom. The van der Waals surface area contributed by atoms with Gasteiger partial charge in [0.05, 0.1) is 0 Å². The standard InChI is InChI=1S/C4H5N.Y/c1-3-5-4-2;/h1-5H;/q-2;. The fraction of sp³-hybridized carbons (Fsp3) is 0. The van der Waals surface area contributed by atoms with Crippen molar-refractivity contribution in [2.75, 3.05) is 0 Å². The maximum Gasteiger partial charge on any atom is 0 e. The van der Waals surface area contributed by atoms with E-state index in [0.29, 0.717) is 0 Å². The molecule has 0 aromatic rings. The molecule has 0 saturated carbocycles. The number of nitrogens with one attached hydrogen (secondary N) is 1. The van der Waals surface area contributed by atoms with E-state index in [2.05, 4.69) is 5.32 Å². The van der Waals surface area contributed by atoms with Crippen LogP contribution in [0.4, 0.5) is 0 Å². The first-order chi connectivity index (χ1) is 2.41. The van der Waals surface area contributed by atoms with Crippen molar-refractivity contribution in [1.29, 1.82) is 0 Å². The first-order valence-corrected chi connectivity index (χ1v) is 1.24. The van der Waals surface area contributed by atoms with Crippen LogP contribution in [-0.2, 0) is 32.7 Å². The minimum atomic E-state index is 0. The first-order valence-electron chi connectivity index (χ1n) is 1.24. The molecule has 6 heavy (non-hydrogen) atoms. The van der Waals surface area contributed by atoms with E-state index in [1.54, 1.807) is 0 Å². The Morgan fingerprint density at radius 2 is 1.50 bits per heavy atom. The Hall–Kier alpha value is 0.384.